The highest BCUT2D eigenvalue weighted by Crippen LogP contribution is 2.24. The van der Waals surface area contributed by atoms with Crippen LogP contribution in [-0.4, -0.2) is 35.4 Å². The number of esters is 1. The minimum Gasteiger partial charge on any atom is -0.464 e. The lowest BCUT2D eigenvalue weighted by atomic mass is 9.93. The first-order chi connectivity index (χ1) is 12.8. The van der Waals surface area contributed by atoms with E-state index in [1.54, 1.807) is 18.3 Å². The summed E-state index contributed by atoms with van der Waals surface area (Å²) < 4.78 is 4.80. The van der Waals surface area contributed by atoms with Gasteiger partial charge < -0.3 is 10.1 Å². The molecule has 0 aliphatic rings. The van der Waals surface area contributed by atoms with Gasteiger partial charge in [0.1, 0.15) is 6.33 Å². The van der Waals surface area contributed by atoms with Crippen LogP contribution in [0.4, 0.5) is 0 Å². The van der Waals surface area contributed by atoms with Crippen molar-refractivity contribution in [2.45, 2.75) is 32.7 Å². The van der Waals surface area contributed by atoms with Crippen molar-refractivity contribution in [2.24, 2.45) is 5.92 Å². The number of halogens is 1. The number of methoxy groups -OCH3 is 1. The SMILES string of the molecule is COC(=O)c1ncncc1C(NCC(=O)C(C)c1ccc(Cl)cc1)C(C)C. The first-order valence-electron chi connectivity index (χ1n) is 8.75. The molecule has 2 rings (SSSR count). The van der Waals surface area contributed by atoms with E-state index in [9.17, 15) is 9.59 Å². The molecular formula is C20H24ClN3O3. The molecule has 27 heavy (non-hydrogen) atoms. The number of nitrogens with zero attached hydrogens (tertiary/aromatic N) is 2. The van der Waals surface area contributed by atoms with Gasteiger partial charge in [0, 0.05) is 28.7 Å². The second kappa shape index (κ2) is 9.58. The van der Waals surface area contributed by atoms with Crippen LogP contribution in [0.15, 0.2) is 36.8 Å². The Labute approximate surface area is 164 Å². The largest absolute Gasteiger partial charge is 0.464 e. The van der Waals surface area contributed by atoms with Crippen molar-refractivity contribution >= 4 is 23.4 Å². The fourth-order valence-electron chi connectivity index (χ4n) is 2.84. The van der Waals surface area contributed by atoms with Crippen LogP contribution in [0, 0.1) is 5.92 Å². The number of benzene rings is 1. The van der Waals surface area contributed by atoms with Gasteiger partial charge in [-0.15, -0.1) is 0 Å². The fraction of sp³-hybridized carbons (Fsp3) is 0.400. The average molecular weight is 390 g/mol. The lowest BCUT2D eigenvalue weighted by Crippen LogP contribution is -2.34. The monoisotopic (exact) mass is 389 g/mol. The zero-order valence-electron chi connectivity index (χ0n) is 15.9. The topological polar surface area (TPSA) is 81.2 Å². The molecule has 2 unspecified atom stereocenters. The van der Waals surface area contributed by atoms with Crippen LogP contribution in [-0.2, 0) is 9.53 Å². The normalized spacial score (nSPS) is 13.3. The highest BCUT2D eigenvalue weighted by atomic mass is 35.5. The third-order valence-corrected chi connectivity index (χ3v) is 4.72. The van der Waals surface area contributed by atoms with Crippen molar-refractivity contribution in [2.75, 3.05) is 13.7 Å². The van der Waals surface area contributed by atoms with Gasteiger partial charge in [0.25, 0.3) is 0 Å². The number of hydrogen-bond donors (Lipinski definition) is 1. The number of rotatable bonds is 8. The van der Waals surface area contributed by atoms with Gasteiger partial charge in [-0.05, 0) is 23.6 Å². The summed E-state index contributed by atoms with van der Waals surface area (Å²) in [6, 6.07) is 6.99. The molecule has 6 nitrogen and oxygen atoms in total. The summed E-state index contributed by atoms with van der Waals surface area (Å²) in [6.45, 7) is 6.02. The predicted octanol–water partition coefficient (Wildman–Crippen LogP) is 3.58. The first-order valence-corrected chi connectivity index (χ1v) is 9.12. The van der Waals surface area contributed by atoms with Crippen molar-refractivity contribution in [3.8, 4) is 0 Å². The highest BCUT2D eigenvalue weighted by Gasteiger charge is 2.25. The second-order valence-electron chi connectivity index (χ2n) is 6.66. The molecule has 2 atom stereocenters. The van der Waals surface area contributed by atoms with Crippen molar-refractivity contribution < 1.29 is 14.3 Å². The average Bonchev–Trinajstić information content (AvgIpc) is 2.67. The van der Waals surface area contributed by atoms with E-state index in [0.29, 0.717) is 10.6 Å². The lowest BCUT2D eigenvalue weighted by Gasteiger charge is -2.24. The molecule has 0 amide bonds. The Morgan fingerprint density at radius 3 is 2.44 bits per heavy atom. The molecule has 0 fully saturated rings. The zero-order valence-corrected chi connectivity index (χ0v) is 16.7. The molecule has 0 aliphatic heterocycles. The summed E-state index contributed by atoms with van der Waals surface area (Å²) >= 11 is 5.91. The summed E-state index contributed by atoms with van der Waals surface area (Å²) in [5.74, 6) is -0.645. The van der Waals surface area contributed by atoms with Crippen LogP contribution in [0.5, 0.6) is 0 Å². The van der Waals surface area contributed by atoms with E-state index in [4.69, 9.17) is 16.3 Å². The van der Waals surface area contributed by atoms with Gasteiger partial charge in [-0.2, -0.15) is 0 Å². The molecule has 1 aromatic heterocycles. The number of Topliss-reactive ketones (excluding diaryl/α,β-unsaturated/α-hetero) is 1. The Balaban J connectivity index is 2.14. The van der Waals surface area contributed by atoms with Crippen molar-refractivity contribution in [1.29, 1.82) is 0 Å². The van der Waals surface area contributed by atoms with Gasteiger partial charge in [-0.3, -0.25) is 4.79 Å². The molecule has 1 N–H and O–H groups in total. The highest BCUT2D eigenvalue weighted by molar-refractivity contribution is 6.30. The Kier molecular flexibility index (Phi) is 7.45. The summed E-state index contributed by atoms with van der Waals surface area (Å²) in [7, 11) is 1.31. The van der Waals surface area contributed by atoms with E-state index in [1.807, 2.05) is 32.9 Å². The third-order valence-electron chi connectivity index (χ3n) is 4.47. The molecule has 0 saturated carbocycles. The number of carbonyl (C=O) groups excluding carboxylic acids is 2. The standard InChI is InChI=1S/C20H24ClN3O3/c1-12(2)18(16-9-22-11-24-19(16)20(26)27-4)23-10-17(25)13(3)14-5-7-15(21)8-6-14/h5-9,11-13,18,23H,10H2,1-4H3. The Morgan fingerprint density at radius 2 is 1.85 bits per heavy atom. The van der Waals surface area contributed by atoms with Crippen molar-refractivity contribution in [1.82, 2.24) is 15.3 Å². The maximum Gasteiger partial charge on any atom is 0.357 e. The molecule has 0 aliphatic carbocycles. The Hall–Kier alpha value is -2.31. The quantitative estimate of drug-likeness (QED) is 0.695. The molecule has 0 bridgehead atoms. The number of aromatic nitrogens is 2. The predicted molar refractivity (Wildman–Crippen MR) is 104 cm³/mol. The molecule has 2 aromatic rings. The van der Waals surface area contributed by atoms with Gasteiger partial charge in [0.05, 0.1) is 13.7 Å². The molecule has 1 aromatic carbocycles. The third kappa shape index (κ3) is 5.34. The molecule has 1 heterocycles. The Bertz CT molecular complexity index is 793. The van der Waals surface area contributed by atoms with Crippen molar-refractivity contribution in [3.05, 3.63) is 58.6 Å². The zero-order chi connectivity index (χ0) is 20.0. The number of carbonyl (C=O) groups is 2. The van der Waals surface area contributed by atoms with E-state index in [0.717, 1.165) is 5.56 Å². The van der Waals surface area contributed by atoms with Crippen molar-refractivity contribution in [3.63, 3.8) is 0 Å². The summed E-state index contributed by atoms with van der Waals surface area (Å²) in [4.78, 5) is 32.7. The van der Waals surface area contributed by atoms with Crippen LogP contribution < -0.4 is 5.32 Å². The summed E-state index contributed by atoms with van der Waals surface area (Å²) in [6.07, 6.45) is 2.89. The minimum absolute atomic E-state index is 0.0411. The Morgan fingerprint density at radius 1 is 1.19 bits per heavy atom. The van der Waals surface area contributed by atoms with Crippen LogP contribution in [0.25, 0.3) is 0 Å². The molecule has 0 radical (unpaired) electrons. The smallest absolute Gasteiger partial charge is 0.357 e. The second-order valence-corrected chi connectivity index (χ2v) is 7.10. The van der Waals surface area contributed by atoms with Gasteiger partial charge in [-0.25, -0.2) is 14.8 Å². The molecule has 7 heteroatoms. The molecule has 0 spiro atoms. The number of hydrogen-bond acceptors (Lipinski definition) is 6. The van der Waals surface area contributed by atoms with Crippen LogP contribution in [0.3, 0.4) is 0 Å². The number of nitrogens with one attached hydrogen (secondary N) is 1. The van der Waals surface area contributed by atoms with E-state index in [1.165, 1.54) is 13.4 Å². The van der Waals surface area contributed by atoms with Crippen LogP contribution in [0.2, 0.25) is 5.02 Å². The van der Waals surface area contributed by atoms with Gasteiger partial charge >= 0.3 is 5.97 Å². The first kappa shape index (κ1) is 21.0. The van der Waals surface area contributed by atoms with E-state index in [-0.39, 0.29) is 35.9 Å². The molecule has 0 saturated heterocycles. The number of ketones is 1. The van der Waals surface area contributed by atoms with Crippen LogP contribution >= 0.6 is 11.6 Å². The summed E-state index contributed by atoms with van der Waals surface area (Å²) in [5.41, 5.74) is 1.73. The number of ether oxygens (including phenoxy) is 1. The minimum atomic E-state index is -0.527. The van der Waals surface area contributed by atoms with Gasteiger partial charge in [0.15, 0.2) is 11.5 Å². The van der Waals surface area contributed by atoms with Gasteiger partial charge in [0.2, 0.25) is 0 Å². The van der Waals surface area contributed by atoms with Crippen LogP contribution in [0.1, 0.15) is 54.3 Å². The van der Waals surface area contributed by atoms with E-state index >= 15 is 0 Å². The molecule has 144 valence electrons. The fourth-order valence-corrected chi connectivity index (χ4v) is 2.97. The lowest BCUT2D eigenvalue weighted by molar-refractivity contribution is -0.119. The van der Waals surface area contributed by atoms with Gasteiger partial charge in [-0.1, -0.05) is 44.5 Å². The van der Waals surface area contributed by atoms with E-state index < -0.39 is 5.97 Å². The maximum absolute atomic E-state index is 12.6. The van der Waals surface area contributed by atoms with E-state index in [2.05, 4.69) is 15.3 Å². The summed E-state index contributed by atoms with van der Waals surface area (Å²) in [5, 5.41) is 3.89. The molecular weight excluding hydrogens is 366 g/mol. The maximum atomic E-state index is 12.6.